The number of nitrogens with one attached hydrogen (secondary N) is 1. The molecular weight excluding hydrogens is 320 g/mol. The molecule has 0 aliphatic heterocycles. The summed E-state index contributed by atoms with van der Waals surface area (Å²) in [5.74, 6) is 0.277. The van der Waals surface area contributed by atoms with Gasteiger partial charge in [0, 0.05) is 11.9 Å². The Labute approximate surface area is 138 Å². The van der Waals surface area contributed by atoms with E-state index in [1.165, 1.54) is 11.8 Å². The maximum absolute atomic E-state index is 12.1. The molecule has 0 saturated carbocycles. The second kappa shape index (κ2) is 8.17. The fourth-order valence-corrected chi connectivity index (χ4v) is 2.84. The molecule has 0 aliphatic carbocycles. The summed E-state index contributed by atoms with van der Waals surface area (Å²) in [4.78, 5) is 16.0. The lowest BCUT2D eigenvalue weighted by Crippen LogP contribution is -2.23. The zero-order valence-electron chi connectivity index (χ0n) is 12.1. The highest BCUT2D eigenvalue weighted by Gasteiger charge is 2.17. The monoisotopic (exact) mass is 336 g/mol. The summed E-state index contributed by atoms with van der Waals surface area (Å²) in [5.41, 5.74) is 1.34. The van der Waals surface area contributed by atoms with Gasteiger partial charge in [0.05, 0.1) is 17.0 Å². The molecule has 0 fully saturated rings. The Morgan fingerprint density at radius 2 is 2.05 bits per heavy atom. The van der Waals surface area contributed by atoms with Crippen molar-refractivity contribution in [3.63, 3.8) is 0 Å². The largest absolute Gasteiger partial charge is 0.388 e. The summed E-state index contributed by atoms with van der Waals surface area (Å²) in [6.07, 6.45) is 0.968. The van der Waals surface area contributed by atoms with Crippen LogP contribution in [0.2, 0.25) is 5.15 Å². The fraction of sp³-hybridized carbons (Fsp3) is 0.250. The highest BCUT2D eigenvalue weighted by molar-refractivity contribution is 8.00. The van der Waals surface area contributed by atoms with Gasteiger partial charge >= 0.3 is 0 Å². The summed E-state index contributed by atoms with van der Waals surface area (Å²) in [5, 5.41) is 12.8. The zero-order chi connectivity index (χ0) is 15.9. The molecule has 2 aromatic rings. The van der Waals surface area contributed by atoms with Crippen LogP contribution in [0.1, 0.15) is 18.6 Å². The van der Waals surface area contributed by atoms with Crippen LogP contribution in [0.3, 0.4) is 0 Å². The van der Waals surface area contributed by atoms with Crippen molar-refractivity contribution < 1.29 is 9.90 Å². The van der Waals surface area contributed by atoms with Crippen molar-refractivity contribution in [2.45, 2.75) is 18.3 Å². The maximum atomic E-state index is 12.1. The van der Waals surface area contributed by atoms with Crippen molar-refractivity contribution in [1.29, 1.82) is 0 Å². The third-order valence-electron chi connectivity index (χ3n) is 3.07. The van der Waals surface area contributed by atoms with Crippen LogP contribution in [-0.2, 0) is 4.79 Å². The van der Waals surface area contributed by atoms with Gasteiger partial charge in [-0.3, -0.25) is 4.79 Å². The van der Waals surface area contributed by atoms with Crippen molar-refractivity contribution >= 4 is 35.0 Å². The van der Waals surface area contributed by atoms with Gasteiger partial charge in [-0.25, -0.2) is 4.98 Å². The van der Waals surface area contributed by atoms with E-state index in [-0.39, 0.29) is 16.3 Å². The second-order valence-corrected chi connectivity index (χ2v) is 6.46. The van der Waals surface area contributed by atoms with Gasteiger partial charge < -0.3 is 10.4 Å². The van der Waals surface area contributed by atoms with Crippen LogP contribution < -0.4 is 5.32 Å². The normalized spacial score (nSPS) is 13.4. The van der Waals surface area contributed by atoms with Gasteiger partial charge in [-0.15, -0.1) is 11.8 Å². The van der Waals surface area contributed by atoms with Crippen LogP contribution in [0.25, 0.3) is 0 Å². The van der Waals surface area contributed by atoms with Crippen molar-refractivity contribution in [2.24, 2.45) is 0 Å². The lowest BCUT2D eigenvalue weighted by Gasteiger charge is -2.15. The van der Waals surface area contributed by atoms with Gasteiger partial charge in [0.15, 0.2) is 5.15 Å². The van der Waals surface area contributed by atoms with Crippen molar-refractivity contribution in [3.05, 3.63) is 59.4 Å². The fourth-order valence-electron chi connectivity index (χ4n) is 1.80. The first-order chi connectivity index (χ1) is 10.6. The second-order valence-electron chi connectivity index (χ2n) is 4.73. The summed E-state index contributed by atoms with van der Waals surface area (Å²) in [7, 11) is 0. The van der Waals surface area contributed by atoms with Crippen LogP contribution in [-0.4, -0.2) is 27.0 Å². The molecule has 1 heterocycles. The average Bonchev–Trinajstić information content (AvgIpc) is 2.55. The Morgan fingerprint density at radius 1 is 1.32 bits per heavy atom. The number of carbonyl (C=O) groups excluding carboxylic acids is 1. The number of amides is 1. The number of hydrogen-bond donors (Lipinski definition) is 2. The number of rotatable bonds is 6. The molecular formula is C16H17ClN2O2S. The highest BCUT2D eigenvalue weighted by atomic mass is 35.5. The highest BCUT2D eigenvalue weighted by Crippen LogP contribution is 2.23. The Hall–Kier alpha value is -1.56. The van der Waals surface area contributed by atoms with E-state index in [1.807, 2.05) is 30.3 Å². The Bertz CT molecular complexity index is 625. The molecule has 2 atom stereocenters. The number of aliphatic hydroxyl groups excluding tert-OH is 1. The number of benzene rings is 1. The lowest BCUT2D eigenvalue weighted by molar-refractivity contribution is -0.115. The molecule has 2 N–H and O–H groups in total. The maximum Gasteiger partial charge on any atom is 0.237 e. The van der Waals surface area contributed by atoms with Crippen LogP contribution in [0.4, 0.5) is 5.69 Å². The van der Waals surface area contributed by atoms with Crippen molar-refractivity contribution in [2.75, 3.05) is 11.1 Å². The van der Waals surface area contributed by atoms with E-state index in [9.17, 15) is 9.90 Å². The molecule has 2 unspecified atom stereocenters. The van der Waals surface area contributed by atoms with E-state index in [1.54, 1.807) is 25.3 Å². The van der Waals surface area contributed by atoms with Crippen LogP contribution >= 0.6 is 23.4 Å². The molecule has 0 saturated heterocycles. The Balaban J connectivity index is 1.85. The van der Waals surface area contributed by atoms with Gasteiger partial charge in [0.1, 0.15) is 0 Å². The molecule has 0 radical (unpaired) electrons. The molecule has 1 aromatic carbocycles. The van der Waals surface area contributed by atoms with E-state index in [0.717, 1.165) is 5.56 Å². The quantitative estimate of drug-likeness (QED) is 0.792. The van der Waals surface area contributed by atoms with E-state index in [4.69, 9.17) is 11.6 Å². The number of nitrogens with zero attached hydrogens (tertiary/aromatic N) is 1. The minimum Gasteiger partial charge on any atom is -0.388 e. The number of aliphatic hydroxyl groups is 1. The molecule has 4 nitrogen and oxygen atoms in total. The zero-order valence-corrected chi connectivity index (χ0v) is 13.6. The van der Waals surface area contributed by atoms with Gasteiger partial charge in [0.25, 0.3) is 0 Å². The molecule has 2 rings (SSSR count). The number of halogens is 1. The third-order valence-corrected chi connectivity index (χ3v) is 4.60. The molecule has 22 heavy (non-hydrogen) atoms. The average molecular weight is 337 g/mol. The van der Waals surface area contributed by atoms with E-state index in [2.05, 4.69) is 10.3 Å². The number of hydrogen-bond acceptors (Lipinski definition) is 4. The first-order valence-corrected chi connectivity index (χ1v) is 8.26. The minimum absolute atomic E-state index is 0.167. The molecule has 0 aliphatic rings. The first-order valence-electron chi connectivity index (χ1n) is 6.84. The number of thioether (sulfide) groups is 1. The van der Waals surface area contributed by atoms with E-state index >= 15 is 0 Å². The lowest BCUT2D eigenvalue weighted by atomic mass is 10.1. The summed E-state index contributed by atoms with van der Waals surface area (Å²) in [6.45, 7) is 1.79. The summed E-state index contributed by atoms with van der Waals surface area (Å²) >= 11 is 7.29. The number of aromatic nitrogens is 1. The summed E-state index contributed by atoms with van der Waals surface area (Å²) in [6, 6.07) is 12.8. The third kappa shape index (κ3) is 4.73. The minimum atomic E-state index is -0.594. The van der Waals surface area contributed by atoms with Crippen LogP contribution in [0, 0.1) is 0 Å². The van der Waals surface area contributed by atoms with Gasteiger partial charge in [-0.2, -0.15) is 0 Å². The number of anilines is 1. The Morgan fingerprint density at radius 3 is 2.73 bits per heavy atom. The van der Waals surface area contributed by atoms with E-state index < -0.39 is 6.10 Å². The predicted octanol–water partition coefficient (Wildman–Crippen LogP) is 3.53. The SMILES string of the molecule is CC(SCC(O)c1ccccc1)C(=O)Nc1cccnc1Cl. The van der Waals surface area contributed by atoms with Crippen molar-refractivity contribution in [1.82, 2.24) is 4.98 Å². The molecule has 116 valence electrons. The smallest absolute Gasteiger partial charge is 0.237 e. The number of carbonyl (C=O) groups is 1. The van der Waals surface area contributed by atoms with Gasteiger partial charge in [-0.1, -0.05) is 41.9 Å². The molecule has 1 amide bonds. The number of pyridine rings is 1. The first kappa shape index (κ1) is 16.8. The van der Waals surface area contributed by atoms with Crippen LogP contribution in [0.5, 0.6) is 0 Å². The summed E-state index contributed by atoms with van der Waals surface area (Å²) < 4.78 is 0. The standard InChI is InChI=1S/C16H17ClN2O2S/c1-11(16(21)19-13-8-5-9-18-15(13)17)22-10-14(20)12-6-3-2-4-7-12/h2-9,11,14,20H,10H2,1H3,(H,19,21). The van der Waals surface area contributed by atoms with Crippen LogP contribution in [0.15, 0.2) is 48.7 Å². The molecule has 6 heteroatoms. The topological polar surface area (TPSA) is 62.2 Å². The van der Waals surface area contributed by atoms with E-state index in [0.29, 0.717) is 11.4 Å². The van der Waals surface area contributed by atoms with Gasteiger partial charge in [-0.05, 0) is 24.6 Å². The Kier molecular flexibility index (Phi) is 6.24. The van der Waals surface area contributed by atoms with Crippen molar-refractivity contribution in [3.8, 4) is 0 Å². The molecule has 1 aromatic heterocycles. The molecule has 0 spiro atoms. The molecule has 0 bridgehead atoms. The van der Waals surface area contributed by atoms with Gasteiger partial charge in [0.2, 0.25) is 5.91 Å². The predicted molar refractivity (Wildman–Crippen MR) is 91.2 cm³/mol.